The highest BCUT2D eigenvalue weighted by Crippen LogP contribution is 2.30. The van der Waals surface area contributed by atoms with Crippen molar-refractivity contribution < 1.29 is 9.59 Å². The van der Waals surface area contributed by atoms with Gasteiger partial charge in [-0.1, -0.05) is 27.7 Å². The van der Waals surface area contributed by atoms with E-state index in [4.69, 9.17) is 0 Å². The number of amides is 2. The third-order valence-corrected chi connectivity index (χ3v) is 4.33. The van der Waals surface area contributed by atoms with Crippen LogP contribution in [-0.4, -0.2) is 24.4 Å². The highest BCUT2D eigenvalue weighted by molar-refractivity contribution is 5.96. The Labute approximate surface area is 138 Å². The van der Waals surface area contributed by atoms with Gasteiger partial charge in [-0.15, -0.1) is 0 Å². The fourth-order valence-electron chi connectivity index (χ4n) is 2.80. The molecule has 1 aliphatic heterocycles. The van der Waals surface area contributed by atoms with Gasteiger partial charge >= 0.3 is 0 Å². The summed E-state index contributed by atoms with van der Waals surface area (Å²) in [6.45, 7) is 8.81. The van der Waals surface area contributed by atoms with Gasteiger partial charge in [-0.05, 0) is 49.1 Å². The second kappa shape index (κ2) is 7.13. The van der Waals surface area contributed by atoms with Crippen LogP contribution in [0, 0.1) is 11.3 Å². The van der Waals surface area contributed by atoms with Crippen LogP contribution >= 0.6 is 0 Å². The molecule has 0 bridgehead atoms. The number of nitrogens with one attached hydrogen (secondary N) is 3. The Morgan fingerprint density at radius 1 is 1.13 bits per heavy atom. The van der Waals surface area contributed by atoms with E-state index >= 15 is 0 Å². The van der Waals surface area contributed by atoms with Crippen molar-refractivity contribution in [2.75, 3.05) is 17.2 Å². The second-order valence-electron chi connectivity index (χ2n) is 7.19. The van der Waals surface area contributed by atoms with Crippen molar-refractivity contribution in [3.8, 4) is 0 Å². The highest BCUT2D eigenvalue weighted by Gasteiger charge is 2.36. The molecule has 1 aliphatic rings. The van der Waals surface area contributed by atoms with Gasteiger partial charge in [0, 0.05) is 17.3 Å². The average molecular weight is 317 g/mol. The Morgan fingerprint density at radius 2 is 1.70 bits per heavy atom. The first-order valence-corrected chi connectivity index (χ1v) is 8.25. The van der Waals surface area contributed by atoms with Crippen molar-refractivity contribution in [1.29, 1.82) is 0 Å². The van der Waals surface area contributed by atoms with E-state index in [0.717, 1.165) is 30.8 Å². The molecule has 5 heteroatoms. The minimum absolute atomic E-state index is 0.00586. The molecule has 0 aromatic heterocycles. The summed E-state index contributed by atoms with van der Waals surface area (Å²) in [6, 6.07) is 7.04. The topological polar surface area (TPSA) is 70.2 Å². The lowest BCUT2D eigenvalue weighted by Gasteiger charge is -2.38. The number of hydrogen-bond donors (Lipinski definition) is 3. The van der Waals surface area contributed by atoms with Crippen LogP contribution in [0.3, 0.4) is 0 Å². The third kappa shape index (κ3) is 4.55. The smallest absolute Gasteiger partial charge is 0.242 e. The molecule has 5 nitrogen and oxygen atoms in total. The lowest BCUT2D eigenvalue weighted by Crippen LogP contribution is -2.53. The summed E-state index contributed by atoms with van der Waals surface area (Å²) in [6.07, 6.45) is 2.14. The van der Waals surface area contributed by atoms with E-state index in [1.165, 1.54) is 0 Å². The minimum Gasteiger partial charge on any atom is -0.326 e. The van der Waals surface area contributed by atoms with E-state index in [0.29, 0.717) is 0 Å². The zero-order valence-electron chi connectivity index (χ0n) is 14.4. The largest absolute Gasteiger partial charge is 0.326 e. The maximum Gasteiger partial charge on any atom is 0.242 e. The van der Waals surface area contributed by atoms with Gasteiger partial charge in [0.1, 0.15) is 0 Å². The lowest BCUT2D eigenvalue weighted by molar-refractivity contribution is -0.121. The van der Waals surface area contributed by atoms with E-state index in [2.05, 4.69) is 29.8 Å². The van der Waals surface area contributed by atoms with Gasteiger partial charge in [0.25, 0.3) is 0 Å². The summed E-state index contributed by atoms with van der Waals surface area (Å²) in [5.74, 6) is -0.0856. The van der Waals surface area contributed by atoms with Crippen molar-refractivity contribution in [3.05, 3.63) is 24.3 Å². The van der Waals surface area contributed by atoms with Crippen LogP contribution in [0.15, 0.2) is 24.3 Å². The van der Waals surface area contributed by atoms with E-state index < -0.39 is 0 Å². The lowest BCUT2D eigenvalue weighted by atomic mass is 9.77. The molecule has 1 atom stereocenters. The van der Waals surface area contributed by atoms with Gasteiger partial charge < -0.3 is 16.0 Å². The summed E-state index contributed by atoms with van der Waals surface area (Å²) in [5, 5.41) is 9.10. The molecular formula is C18H27N3O2. The molecule has 3 N–H and O–H groups in total. The standard InChI is InChI=1S/C18H27N3O2/c1-12(2)16(22)20-13-6-8-14(9-7-13)21-17(23)15-18(3,4)10-5-11-19-15/h6-9,12,15,19H,5,10-11H2,1-4H3,(H,20,22)(H,21,23). The summed E-state index contributed by atoms with van der Waals surface area (Å²) in [4.78, 5) is 24.2. The maximum absolute atomic E-state index is 12.5. The van der Waals surface area contributed by atoms with Crippen LogP contribution in [0.1, 0.15) is 40.5 Å². The second-order valence-corrected chi connectivity index (χ2v) is 7.19. The van der Waals surface area contributed by atoms with Gasteiger partial charge in [-0.3, -0.25) is 9.59 Å². The van der Waals surface area contributed by atoms with Crippen LogP contribution in [0.25, 0.3) is 0 Å². The third-order valence-electron chi connectivity index (χ3n) is 4.33. The molecule has 0 spiro atoms. The van der Waals surface area contributed by atoms with Crippen molar-refractivity contribution in [2.24, 2.45) is 11.3 Å². The SMILES string of the molecule is CC(C)C(=O)Nc1ccc(NC(=O)C2NCCCC2(C)C)cc1. The number of rotatable bonds is 4. The molecule has 1 fully saturated rings. The summed E-state index contributed by atoms with van der Waals surface area (Å²) < 4.78 is 0. The number of carbonyl (C=O) groups is 2. The fourth-order valence-corrected chi connectivity index (χ4v) is 2.80. The van der Waals surface area contributed by atoms with E-state index in [1.54, 1.807) is 12.1 Å². The zero-order chi connectivity index (χ0) is 17.0. The van der Waals surface area contributed by atoms with Crippen LogP contribution in [0.2, 0.25) is 0 Å². The van der Waals surface area contributed by atoms with Crippen molar-refractivity contribution >= 4 is 23.2 Å². The summed E-state index contributed by atoms with van der Waals surface area (Å²) >= 11 is 0. The van der Waals surface area contributed by atoms with Gasteiger partial charge in [0.2, 0.25) is 11.8 Å². The zero-order valence-corrected chi connectivity index (χ0v) is 14.4. The fraction of sp³-hybridized carbons (Fsp3) is 0.556. The maximum atomic E-state index is 12.5. The highest BCUT2D eigenvalue weighted by atomic mass is 16.2. The molecule has 2 rings (SSSR count). The molecular weight excluding hydrogens is 290 g/mol. The Kier molecular flexibility index (Phi) is 5.42. The Morgan fingerprint density at radius 3 is 2.22 bits per heavy atom. The molecule has 126 valence electrons. The number of carbonyl (C=O) groups excluding carboxylic acids is 2. The van der Waals surface area contributed by atoms with Crippen molar-refractivity contribution in [2.45, 2.75) is 46.6 Å². The van der Waals surface area contributed by atoms with Crippen molar-refractivity contribution in [3.63, 3.8) is 0 Å². The molecule has 2 amide bonds. The van der Waals surface area contributed by atoms with Gasteiger partial charge in [-0.25, -0.2) is 0 Å². The van der Waals surface area contributed by atoms with E-state index in [-0.39, 0.29) is 29.2 Å². The number of piperidine rings is 1. The summed E-state index contributed by atoms with van der Waals surface area (Å²) in [5.41, 5.74) is 1.42. The molecule has 1 heterocycles. The molecule has 1 saturated heterocycles. The van der Waals surface area contributed by atoms with E-state index in [1.807, 2.05) is 26.0 Å². The summed E-state index contributed by atoms with van der Waals surface area (Å²) in [7, 11) is 0. The Balaban J connectivity index is 1.97. The van der Waals surface area contributed by atoms with Crippen LogP contribution < -0.4 is 16.0 Å². The predicted molar refractivity (Wildman–Crippen MR) is 93.3 cm³/mol. The first-order chi connectivity index (χ1) is 10.8. The molecule has 0 saturated carbocycles. The minimum atomic E-state index is -0.184. The van der Waals surface area contributed by atoms with Crippen LogP contribution in [0.5, 0.6) is 0 Å². The quantitative estimate of drug-likeness (QED) is 0.799. The number of anilines is 2. The normalized spacial score (nSPS) is 20.1. The van der Waals surface area contributed by atoms with Crippen LogP contribution in [0.4, 0.5) is 11.4 Å². The molecule has 1 unspecified atom stereocenters. The molecule has 0 aliphatic carbocycles. The molecule has 1 aromatic rings. The first-order valence-electron chi connectivity index (χ1n) is 8.25. The van der Waals surface area contributed by atoms with Gasteiger partial charge in [0.15, 0.2) is 0 Å². The Hall–Kier alpha value is -1.88. The van der Waals surface area contributed by atoms with Crippen molar-refractivity contribution in [1.82, 2.24) is 5.32 Å². The van der Waals surface area contributed by atoms with Gasteiger partial charge in [0.05, 0.1) is 6.04 Å². The molecule has 1 aromatic carbocycles. The number of hydrogen-bond acceptors (Lipinski definition) is 3. The average Bonchev–Trinajstić information content (AvgIpc) is 2.48. The Bertz CT molecular complexity index is 564. The molecule has 0 radical (unpaired) electrons. The predicted octanol–water partition coefficient (Wildman–Crippen LogP) is 3.00. The number of benzene rings is 1. The van der Waals surface area contributed by atoms with Gasteiger partial charge in [-0.2, -0.15) is 0 Å². The van der Waals surface area contributed by atoms with Crippen LogP contribution in [-0.2, 0) is 9.59 Å². The first kappa shape index (κ1) is 17.5. The molecule has 23 heavy (non-hydrogen) atoms. The monoisotopic (exact) mass is 317 g/mol. The van der Waals surface area contributed by atoms with E-state index in [9.17, 15) is 9.59 Å².